The largest absolute Gasteiger partial charge is 0.396 e. The fourth-order valence-electron chi connectivity index (χ4n) is 1.27. The fourth-order valence-corrected chi connectivity index (χ4v) is 2.60. The summed E-state index contributed by atoms with van der Waals surface area (Å²) in [6.07, 6.45) is 1.55. The molecule has 0 spiro atoms. The Bertz CT molecular complexity index is 289. The number of aliphatic hydroxyl groups is 1. The van der Waals surface area contributed by atoms with Crippen LogP contribution < -0.4 is 5.73 Å². The molecule has 0 bridgehead atoms. The first kappa shape index (κ1) is 15.4. The highest BCUT2D eigenvalue weighted by Gasteiger charge is 2.06. The van der Waals surface area contributed by atoms with E-state index in [9.17, 15) is 0 Å². The summed E-state index contributed by atoms with van der Waals surface area (Å²) in [4.78, 5) is 0. The molecule has 0 saturated heterocycles. The van der Waals surface area contributed by atoms with E-state index >= 15 is 0 Å². The monoisotopic (exact) mass is 357 g/mol. The van der Waals surface area contributed by atoms with Crippen molar-refractivity contribution in [3.63, 3.8) is 0 Å². The van der Waals surface area contributed by atoms with Gasteiger partial charge in [0.25, 0.3) is 0 Å². The molecule has 0 saturated carbocycles. The standard InChI is InChI=1S/C10H13Br2NO.ClH/c11-8-4-7(5-9(12)6-8)10(13)2-1-3-14;/h4-6,10,14H,1-3,13H2;1H/t10-;/m1./s1. The van der Waals surface area contributed by atoms with Gasteiger partial charge in [-0.25, -0.2) is 0 Å². The van der Waals surface area contributed by atoms with Crippen LogP contribution in [0.1, 0.15) is 24.4 Å². The van der Waals surface area contributed by atoms with E-state index in [4.69, 9.17) is 10.8 Å². The highest BCUT2D eigenvalue weighted by atomic mass is 79.9. The van der Waals surface area contributed by atoms with E-state index in [0.29, 0.717) is 0 Å². The van der Waals surface area contributed by atoms with Crippen molar-refractivity contribution in [2.45, 2.75) is 18.9 Å². The zero-order valence-corrected chi connectivity index (χ0v) is 12.1. The van der Waals surface area contributed by atoms with Crippen molar-refractivity contribution in [1.82, 2.24) is 0 Å². The van der Waals surface area contributed by atoms with E-state index in [1.807, 2.05) is 18.2 Å². The van der Waals surface area contributed by atoms with E-state index in [1.165, 1.54) is 0 Å². The quantitative estimate of drug-likeness (QED) is 0.865. The summed E-state index contributed by atoms with van der Waals surface area (Å²) < 4.78 is 2.03. The van der Waals surface area contributed by atoms with Gasteiger partial charge in [-0.15, -0.1) is 12.4 Å². The van der Waals surface area contributed by atoms with Crippen LogP contribution in [-0.4, -0.2) is 11.7 Å². The molecule has 0 radical (unpaired) electrons. The zero-order chi connectivity index (χ0) is 10.6. The van der Waals surface area contributed by atoms with Crippen molar-refractivity contribution >= 4 is 44.3 Å². The maximum absolute atomic E-state index is 8.70. The van der Waals surface area contributed by atoms with Crippen LogP contribution in [0.5, 0.6) is 0 Å². The van der Waals surface area contributed by atoms with Gasteiger partial charge in [0.2, 0.25) is 0 Å². The molecule has 3 N–H and O–H groups in total. The first-order valence-electron chi connectivity index (χ1n) is 4.46. The molecule has 0 heterocycles. The Labute approximate surface area is 113 Å². The van der Waals surface area contributed by atoms with E-state index in [1.54, 1.807) is 0 Å². The van der Waals surface area contributed by atoms with Gasteiger partial charge in [-0.3, -0.25) is 0 Å². The maximum Gasteiger partial charge on any atom is 0.0431 e. The molecule has 2 nitrogen and oxygen atoms in total. The predicted molar refractivity (Wildman–Crippen MR) is 72.3 cm³/mol. The van der Waals surface area contributed by atoms with E-state index < -0.39 is 0 Å². The molecule has 0 fully saturated rings. The fraction of sp³-hybridized carbons (Fsp3) is 0.400. The van der Waals surface area contributed by atoms with Crippen LogP contribution in [0.3, 0.4) is 0 Å². The number of rotatable bonds is 4. The Morgan fingerprint density at radius 2 is 1.73 bits per heavy atom. The van der Waals surface area contributed by atoms with Crippen molar-refractivity contribution in [3.05, 3.63) is 32.7 Å². The van der Waals surface area contributed by atoms with E-state index in [-0.39, 0.29) is 25.1 Å². The summed E-state index contributed by atoms with van der Waals surface area (Å²) in [5.74, 6) is 0. The second kappa shape index (κ2) is 7.63. The Balaban J connectivity index is 0.00000196. The van der Waals surface area contributed by atoms with Gasteiger partial charge < -0.3 is 10.8 Å². The van der Waals surface area contributed by atoms with Crippen LogP contribution in [0.2, 0.25) is 0 Å². The molecule has 86 valence electrons. The van der Waals surface area contributed by atoms with Crippen LogP contribution in [0.15, 0.2) is 27.1 Å². The number of aliphatic hydroxyl groups excluding tert-OH is 1. The molecule has 1 aromatic rings. The molecule has 0 aliphatic rings. The summed E-state index contributed by atoms with van der Waals surface area (Å²) in [7, 11) is 0. The molecule has 0 aromatic heterocycles. The number of halogens is 3. The molecule has 1 atom stereocenters. The predicted octanol–water partition coefficient (Wildman–Crippen LogP) is 3.41. The van der Waals surface area contributed by atoms with Crippen molar-refractivity contribution in [2.75, 3.05) is 6.61 Å². The number of hydrogen-bond donors (Lipinski definition) is 2. The second-order valence-electron chi connectivity index (χ2n) is 3.18. The minimum atomic E-state index is -0.00375. The van der Waals surface area contributed by atoms with Crippen LogP contribution in [-0.2, 0) is 0 Å². The smallest absolute Gasteiger partial charge is 0.0431 e. The Hall–Kier alpha value is 0.390. The molecule has 1 rings (SSSR count). The zero-order valence-electron chi connectivity index (χ0n) is 8.12. The van der Waals surface area contributed by atoms with Gasteiger partial charge in [-0.05, 0) is 36.6 Å². The molecular weight excluding hydrogens is 345 g/mol. The van der Waals surface area contributed by atoms with E-state index in [0.717, 1.165) is 27.4 Å². The Kier molecular flexibility index (Phi) is 7.83. The normalized spacial score (nSPS) is 12.0. The number of hydrogen-bond acceptors (Lipinski definition) is 2. The highest BCUT2D eigenvalue weighted by Crippen LogP contribution is 2.25. The third-order valence-electron chi connectivity index (χ3n) is 1.99. The third-order valence-corrected chi connectivity index (χ3v) is 2.90. The molecule has 1 aromatic carbocycles. The molecule has 0 amide bonds. The lowest BCUT2D eigenvalue weighted by atomic mass is 10.0. The van der Waals surface area contributed by atoms with Crippen molar-refractivity contribution < 1.29 is 5.11 Å². The Morgan fingerprint density at radius 1 is 1.20 bits per heavy atom. The van der Waals surface area contributed by atoms with Gasteiger partial charge in [-0.1, -0.05) is 31.9 Å². The molecule has 5 heteroatoms. The minimum absolute atomic E-state index is 0. The molecule has 0 aliphatic heterocycles. The van der Waals surface area contributed by atoms with E-state index in [2.05, 4.69) is 31.9 Å². The van der Waals surface area contributed by atoms with Crippen molar-refractivity contribution in [3.8, 4) is 0 Å². The van der Waals surface area contributed by atoms with Crippen LogP contribution >= 0.6 is 44.3 Å². The number of benzene rings is 1. The topological polar surface area (TPSA) is 46.2 Å². The average Bonchev–Trinajstić information content (AvgIpc) is 2.12. The van der Waals surface area contributed by atoms with Crippen LogP contribution in [0, 0.1) is 0 Å². The minimum Gasteiger partial charge on any atom is -0.396 e. The summed E-state index contributed by atoms with van der Waals surface area (Å²) >= 11 is 6.83. The average molecular weight is 359 g/mol. The highest BCUT2D eigenvalue weighted by molar-refractivity contribution is 9.11. The molecule has 15 heavy (non-hydrogen) atoms. The molecular formula is C10H14Br2ClNO. The summed E-state index contributed by atoms with van der Waals surface area (Å²) in [5, 5.41) is 8.70. The first-order valence-corrected chi connectivity index (χ1v) is 6.04. The van der Waals surface area contributed by atoms with Gasteiger partial charge in [-0.2, -0.15) is 0 Å². The second-order valence-corrected chi connectivity index (χ2v) is 5.01. The SMILES string of the molecule is Cl.N[C@H](CCCO)c1cc(Br)cc(Br)c1. The molecule has 0 aliphatic carbocycles. The molecule has 0 unspecified atom stereocenters. The maximum atomic E-state index is 8.70. The Morgan fingerprint density at radius 3 is 2.20 bits per heavy atom. The van der Waals surface area contributed by atoms with Crippen LogP contribution in [0.25, 0.3) is 0 Å². The van der Waals surface area contributed by atoms with Crippen LogP contribution in [0.4, 0.5) is 0 Å². The number of nitrogens with two attached hydrogens (primary N) is 1. The lowest BCUT2D eigenvalue weighted by Crippen LogP contribution is -2.10. The summed E-state index contributed by atoms with van der Waals surface area (Å²) in [6, 6.07) is 5.98. The van der Waals surface area contributed by atoms with Crippen molar-refractivity contribution in [2.24, 2.45) is 5.73 Å². The van der Waals surface area contributed by atoms with Gasteiger partial charge >= 0.3 is 0 Å². The van der Waals surface area contributed by atoms with Gasteiger partial charge in [0.1, 0.15) is 0 Å². The third kappa shape index (κ3) is 5.31. The summed E-state index contributed by atoms with van der Waals surface area (Å²) in [6.45, 7) is 0.197. The van der Waals surface area contributed by atoms with Gasteiger partial charge in [0.05, 0.1) is 0 Å². The first-order chi connectivity index (χ1) is 6.63. The lowest BCUT2D eigenvalue weighted by molar-refractivity contribution is 0.280. The van der Waals surface area contributed by atoms with Crippen molar-refractivity contribution in [1.29, 1.82) is 0 Å². The summed E-state index contributed by atoms with van der Waals surface area (Å²) in [5.41, 5.74) is 7.05. The van der Waals surface area contributed by atoms with Gasteiger partial charge in [0, 0.05) is 21.6 Å². The van der Waals surface area contributed by atoms with Gasteiger partial charge in [0.15, 0.2) is 0 Å². The lowest BCUT2D eigenvalue weighted by Gasteiger charge is -2.12.